The molecule has 0 aliphatic carbocycles. The van der Waals surface area contributed by atoms with Gasteiger partial charge in [0, 0.05) is 29.2 Å². The lowest BCUT2D eigenvalue weighted by Crippen LogP contribution is -2.53. The maximum absolute atomic E-state index is 6.14. The van der Waals surface area contributed by atoms with Gasteiger partial charge in [-0.2, -0.15) is 0 Å². The molecular formula is C15H23Cl3N2O. The van der Waals surface area contributed by atoms with Gasteiger partial charge in [-0.05, 0) is 36.6 Å². The maximum atomic E-state index is 6.14. The molecule has 1 fully saturated rings. The fraction of sp³-hybridized carbons (Fsp3) is 0.600. The van der Waals surface area contributed by atoms with Gasteiger partial charge >= 0.3 is 0 Å². The van der Waals surface area contributed by atoms with Crippen LogP contribution < -0.4 is 10.5 Å². The third-order valence-electron chi connectivity index (χ3n) is 3.90. The molecule has 1 heterocycles. The summed E-state index contributed by atoms with van der Waals surface area (Å²) < 4.78 is 5.72. The highest BCUT2D eigenvalue weighted by Gasteiger charge is 2.32. The smallest absolute Gasteiger partial charge is 0.122 e. The lowest BCUT2D eigenvalue weighted by molar-refractivity contribution is 0.0831. The summed E-state index contributed by atoms with van der Waals surface area (Å²) in [4.78, 5) is 2.40. The monoisotopic (exact) mass is 352 g/mol. The molecule has 1 atom stereocenters. The van der Waals surface area contributed by atoms with E-state index in [4.69, 9.17) is 33.7 Å². The second kappa shape index (κ2) is 7.89. The van der Waals surface area contributed by atoms with Crippen LogP contribution >= 0.6 is 35.6 Å². The van der Waals surface area contributed by atoms with Crippen molar-refractivity contribution in [3.05, 3.63) is 28.2 Å². The van der Waals surface area contributed by atoms with Gasteiger partial charge in [-0.25, -0.2) is 0 Å². The number of hydrogen-bond donors (Lipinski definition) is 1. The third-order valence-corrected chi connectivity index (χ3v) is 4.34. The SMILES string of the molecule is CC1(C)CN(CCOc2cc(Cl)cc(Cl)c2)CCC1N.Cl. The third kappa shape index (κ3) is 5.50. The molecule has 2 rings (SSSR count). The fourth-order valence-corrected chi connectivity index (χ4v) is 3.09. The van der Waals surface area contributed by atoms with Gasteiger partial charge in [-0.3, -0.25) is 4.90 Å². The molecule has 120 valence electrons. The molecule has 1 aliphatic heterocycles. The summed E-state index contributed by atoms with van der Waals surface area (Å²) in [7, 11) is 0. The Morgan fingerprint density at radius 3 is 2.48 bits per heavy atom. The lowest BCUT2D eigenvalue weighted by Gasteiger charge is -2.42. The average Bonchev–Trinajstić information content (AvgIpc) is 2.32. The fourth-order valence-electron chi connectivity index (χ4n) is 2.58. The van der Waals surface area contributed by atoms with Gasteiger partial charge < -0.3 is 10.5 Å². The summed E-state index contributed by atoms with van der Waals surface area (Å²) >= 11 is 11.9. The van der Waals surface area contributed by atoms with E-state index in [9.17, 15) is 0 Å². The van der Waals surface area contributed by atoms with Crippen LogP contribution in [0.3, 0.4) is 0 Å². The van der Waals surface area contributed by atoms with Crippen LogP contribution in [0.4, 0.5) is 0 Å². The number of ether oxygens (including phenoxy) is 1. The van der Waals surface area contributed by atoms with E-state index in [1.54, 1.807) is 18.2 Å². The second-order valence-electron chi connectivity index (χ2n) is 6.11. The predicted molar refractivity (Wildman–Crippen MR) is 92.0 cm³/mol. The molecule has 0 radical (unpaired) electrons. The Labute approximate surface area is 143 Å². The van der Waals surface area contributed by atoms with E-state index in [0.717, 1.165) is 31.8 Å². The van der Waals surface area contributed by atoms with Crippen LogP contribution in [0.25, 0.3) is 0 Å². The van der Waals surface area contributed by atoms with Crippen molar-refractivity contribution in [2.24, 2.45) is 11.1 Å². The molecule has 21 heavy (non-hydrogen) atoms. The van der Waals surface area contributed by atoms with Crippen molar-refractivity contribution in [1.29, 1.82) is 0 Å². The van der Waals surface area contributed by atoms with Crippen molar-refractivity contribution < 1.29 is 4.74 Å². The molecule has 1 unspecified atom stereocenters. The van der Waals surface area contributed by atoms with E-state index in [1.165, 1.54) is 0 Å². The summed E-state index contributed by atoms with van der Waals surface area (Å²) in [5, 5.41) is 1.19. The molecule has 1 aliphatic rings. The Balaban J connectivity index is 0.00000220. The Kier molecular flexibility index (Phi) is 7.08. The number of benzene rings is 1. The zero-order valence-corrected chi connectivity index (χ0v) is 14.8. The molecular weight excluding hydrogens is 331 g/mol. The number of rotatable bonds is 4. The average molecular weight is 354 g/mol. The first-order valence-electron chi connectivity index (χ1n) is 6.94. The Bertz CT molecular complexity index is 448. The van der Waals surface area contributed by atoms with Gasteiger partial charge in [0.2, 0.25) is 0 Å². The van der Waals surface area contributed by atoms with Crippen LogP contribution in [0.15, 0.2) is 18.2 Å². The van der Waals surface area contributed by atoms with E-state index >= 15 is 0 Å². The van der Waals surface area contributed by atoms with E-state index in [-0.39, 0.29) is 23.9 Å². The van der Waals surface area contributed by atoms with Gasteiger partial charge in [0.1, 0.15) is 12.4 Å². The lowest BCUT2D eigenvalue weighted by atomic mass is 9.80. The minimum Gasteiger partial charge on any atom is -0.492 e. The number of nitrogens with two attached hydrogens (primary N) is 1. The van der Waals surface area contributed by atoms with Crippen molar-refractivity contribution in [3.8, 4) is 5.75 Å². The van der Waals surface area contributed by atoms with Crippen molar-refractivity contribution in [2.75, 3.05) is 26.2 Å². The maximum Gasteiger partial charge on any atom is 0.122 e. The van der Waals surface area contributed by atoms with Gasteiger partial charge in [0.25, 0.3) is 0 Å². The van der Waals surface area contributed by atoms with E-state index in [0.29, 0.717) is 16.7 Å². The summed E-state index contributed by atoms with van der Waals surface area (Å²) in [5.41, 5.74) is 6.30. The number of piperidine rings is 1. The highest BCUT2D eigenvalue weighted by atomic mass is 35.5. The minimum absolute atomic E-state index is 0. The second-order valence-corrected chi connectivity index (χ2v) is 6.99. The molecule has 0 amide bonds. The predicted octanol–water partition coefficient (Wildman–Crippen LogP) is 3.85. The quantitative estimate of drug-likeness (QED) is 0.893. The van der Waals surface area contributed by atoms with Crippen LogP contribution in [0.5, 0.6) is 5.75 Å². The topological polar surface area (TPSA) is 38.5 Å². The highest BCUT2D eigenvalue weighted by molar-refractivity contribution is 6.34. The molecule has 0 bridgehead atoms. The van der Waals surface area contributed by atoms with Gasteiger partial charge in [-0.1, -0.05) is 37.0 Å². The van der Waals surface area contributed by atoms with Crippen LogP contribution in [0, 0.1) is 5.41 Å². The molecule has 2 N–H and O–H groups in total. The first kappa shape index (κ1) is 18.9. The number of likely N-dealkylation sites (tertiary alicyclic amines) is 1. The van der Waals surface area contributed by atoms with Gasteiger partial charge in [-0.15, -0.1) is 12.4 Å². The van der Waals surface area contributed by atoms with Crippen molar-refractivity contribution in [3.63, 3.8) is 0 Å². The zero-order chi connectivity index (χ0) is 14.8. The number of nitrogens with zero attached hydrogens (tertiary/aromatic N) is 1. The molecule has 0 spiro atoms. The first-order valence-corrected chi connectivity index (χ1v) is 7.69. The van der Waals surface area contributed by atoms with Crippen LogP contribution in [-0.2, 0) is 0 Å². The minimum atomic E-state index is 0. The largest absolute Gasteiger partial charge is 0.492 e. The molecule has 1 saturated heterocycles. The molecule has 1 aromatic carbocycles. The zero-order valence-electron chi connectivity index (χ0n) is 12.4. The number of halogens is 3. The Morgan fingerprint density at radius 2 is 1.90 bits per heavy atom. The van der Waals surface area contributed by atoms with Crippen LogP contribution in [0.1, 0.15) is 20.3 Å². The van der Waals surface area contributed by atoms with Crippen LogP contribution in [0.2, 0.25) is 10.0 Å². The van der Waals surface area contributed by atoms with Crippen molar-refractivity contribution in [1.82, 2.24) is 4.90 Å². The number of hydrogen-bond acceptors (Lipinski definition) is 3. The summed E-state index contributed by atoms with van der Waals surface area (Å²) in [6.07, 6.45) is 1.04. The molecule has 0 saturated carbocycles. The van der Waals surface area contributed by atoms with Crippen LogP contribution in [-0.4, -0.2) is 37.2 Å². The molecule has 0 aromatic heterocycles. The first-order chi connectivity index (χ1) is 9.37. The summed E-state index contributed by atoms with van der Waals surface area (Å²) in [5.74, 6) is 0.718. The molecule has 1 aromatic rings. The van der Waals surface area contributed by atoms with E-state index < -0.39 is 0 Å². The van der Waals surface area contributed by atoms with Gasteiger partial charge in [0.15, 0.2) is 0 Å². The Morgan fingerprint density at radius 1 is 1.29 bits per heavy atom. The van der Waals surface area contributed by atoms with E-state index in [1.807, 2.05) is 0 Å². The highest BCUT2D eigenvalue weighted by Crippen LogP contribution is 2.28. The van der Waals surface area contributed by atoms with E-state index in [2.05, 4.69) is 18.7 Å². The normalized spacial score (nSPS) is 21.7. The molecule has 6 heteroatoms. The summed E-state index contributed by atoms with van der Waals surface area (Å²) in [6.45, 7) is 8.00. The Hall–Kier alpha value is -0.190. The van der Waals surface area contributed by atoms with Crippen molar-refractivity contribution >= 4 is 35.6 Å². The van der Waals surface area contributed by atoms with Crippen molar-refractivity contribution in [2.45, 2.75) is 26.3 Å². The standard InChI is InChI=1S/C15H22Cl2N2O.ClH/c1-15(2)10-19(4-3-14(15)18)5-6-20-13-8-11(16)7-12(17)9-13;/h7-9,14H,3-6,10,18H2,1-2H3;1H. The summed E-state index contributed by atoms with van der Waals surface area (Å²) in [6, 6.07) is 5.55. The van der Waals surface area contributed by atoms with Gasteiger partial charge in [0.05, 0.1) is 0 Å². The molecule has 3 nitrogen and oxygen atoms in total.